The number of carbonyl (C=O) groups excluding carboxylic acids is 1. The third-order valence-electron chi connectivity index (χ3n) is 4.01. The van der Waals surface area contributed by atoms with Crippen LogP contribution in [0, 0.1) is 0 Å². The van der Waals surface area contributed by atoms with Crippen LogP contribution in [0.4, 0.5) is 11.4 Å². The number of nitrogens with one attached hydrogen (secondary N) is 1. The maximum atomic E-state index is 12.8. The van der Waals surface area contributed by atoms with Crippen LogP contribution in [0.5, 0.6) is 11.5 Å². The minimum atomic E-state index is -3.69. The number of hydrogen-bond acceptors (Lipinski definition) is 5. The minimum Gasteiger partial charge on any atom is -0.497 e. The van der Waals surface area contributed by atoms with Crippen molar-refractivity contribution in [2.75, 3.05) is 30.1 Å². The highest BCUT2D eigenvalue weighted by Crippen LogP contribution is 2.26. The summed E-state index contributed by atoms with van der Waals surface area (Å²) in [6.07, 6.45) is 1.39. The van der Waals surface area contributed by atoms with Gasteiger partial charge >= 0.3 is 0 Å². The number of hydrogen-bond donors (Lipinski definition) is 1. The van der Waals surface area contributed by atoms with Gasteiger partial charge in [0.15, 0.2) is 0 Å². The molecule has 1 atom stereocenters. The first-order valence-corrected chi connectivity index (χ1v) is 10.2. The van der Waals surface area contributed by atoms with Crippen molar-refractivity contribution in [3.63, 3.8) is 0 Å². The Morgan fingerprint density at radius 3 is 1.89 bits per heavy atom. The molecule has 146 valence electrons. The van der Waals surface area contributed by atoms with Gasteiger partial charge in [-0.3, -0.25) is 9.10 Å². The normalized spacial score (nSPS) is 12.1. The molecule has 0 heterocycles. The molecule has 1 amide bonds. The fraction of sp³-hybridized carbons (Fsp3) is 0.316. The second kappa shape index (κ2) is 8.77. The molecule has 1 N–H and O–H groups in total. The van der Waals surface area contributed by atoms with Gasteiger partial charge in [-0.05, 0) is 55.0 Å². The Kier molecular flexibility index (Phi) is 6.68. The smallest absolute Gasteiger partial charge is 0.248 e. The predicted octanol–water partition coefficient (Wildman–Crippen LogP) is 2.89. The van der Waals surface area contributed by atoms with Gasteiger partial charge in [0.25, 0.3) is 0 Å². The van der Waals surface area contributed by atoms with Crippen molar-refractivity contribution in [1.29, 1.82) is 0 Å². The van der Waals surface area contributed by atoms with Crippen LogP contribution < -0.4 is 19.1 Å². The maximum absolute atomic E-state index is 12.8. The van der Waals surface area contributed by atoms with Gasteiger partial charge in [0.2, 0.25) is 15.9 Å². The molecule has 27 heavy (non-hydrogen) atoms. The predicted molar refractivity (Wildman–Crippen MR) is 106 cm³/mol. The SMILES string of the molecule is CC[C@H](C(=O)Nc1ccc(OC)cc1)N(c1ccc(OC)cc1)S(C)(=O)=O. The molecule has 0 aliphatic carbocycles. The third kappa shape index (κ3) is 5.13. The third-order valence-corrected chi connectivity index (χ3v) is 5.19. The van der Waals surface area contributed by atoms with E-state index in [1.165, 1.54) is 7.11 Å². The summed E-state index contributed by atoms with van der Waals surface area (Å²) >= 11 is 0. The summed E-state index contributed by atoms with van der Waals surface area (Å²) in [7, 11) is -0.602. The van der Waals surface area contributed by atoms with E-state index >= 15 is 0 Å². The van der Waals surface area contributed by atoms with Crippen molar-refractivity contribution in [3.05, 3.63) is 48.5 Å². The molecule has 0 saturated heterocycles. The zero-order chi connectivity index (χ0) is 20.0. The molecule has 0 radical (unpaired) electrons. The summed E-state index contributed by atoms with van der Waals surface area (Å²) in [6, 6.07) is 12.5. The number of rotatable bonds is 8. The Bertz CT molecular complexity index is 864. The van der Waals surface area contributed by atoms with Crippen LogP contribution in [-0.4, -0.2) is 40.8 Å². The first kappa shape index (κ1) is 20.6. The van der Waals surface area contributed by atoms with E-state index in [4.69, 9.17) is 9.47 Å². The van der Waals surface area contributed by atoms with E-state index in [1.54, 1.807) is 62.6 Å². The van der Waals surface area contributed by atoms with Gasteiger partial charge in [0, 0.05) is 5.69 Å². The summed E-state index contributed by atoms with van der Waals surface area (Å²) in [5.41, 5.74) is 0.956. The molecule has 0 fully saturated rings. The molecular formula is C19H24N2O5S. The van der Waals surface area contributed by atoms with E-state index in [2.05, 4.69) is 5.32 Å². The summed E-state index contributed by atoms with van der Waals surface area (Å²) in [5.74, 6) is 0.850. The van der Waals surface area contributed by atoms with Crippen molar-refractivity contribution >= 4 is 27.3 Å². The number of anilines is 2. The number of ether oxygens (including phenoxy) is 2. The van der Waals surface area contributed by atoms with E-state index in [9.17, 15) is 13.2 Å². The molecule has 7 nitrogen and oxygen atoms in total. The number of amides is 1. The Balaban J connectivity index is 2.31. The molecular weight excluding hydrogens is 368 g/mol. The highest BCUT2D eigenvalue weighted by molar-refractivity contribution is 7.92. The van der Waals surface area contributed by atoms with Crippen LogP contribution in [0.2, 0.25) is 0 Å². The average Bonchev–Trinajstić information content (AvgIpc) is 2.65. The number of benzene rings is 2. The first-order valence-electron chi connectivity index (χ1n) is 8.38. The number of methoxy groups -OCH3 is 2. The van der Waals surface area contributed by atoms with Crippen LogP contribution in [0.1, 0.15) is 13.3 Å². The second-order valence-electron chi connectivity index (χ2n) is 5.90. The standard InChI is InChI=1S/C19H24N2O5S/c1-5-18(19(22)20-14-6-10-16(25-2)11-7-14)21(27(4,23)24)15-8-12-17(26-3)13-9-15/h6-13,18H,5H2,1-4H3,(H,20,22)/t18-/m1/s1. The van der Waals surface area contributed by atoms with E-state index in [1.807, 2.05) is 0 Å². The molecule has 0 aromatic heterocycles. The van der Waals surface area contributed by atoms with Gasteiger partial charge in [0.05, 0.1) is 26.2 Å². The van der Waals surface area contributed by atoms with E-state index < -0.39 is 22.0 Å². The van der Waals surface area contributed by atoms with E-state index in [-0.39, 0.29) is 0 Å². The molecule has 2 aromatic rings. The Labute approximate surface area is 160 Å². The lowest BCUT2D eigenvalue weighted by atomic mass is 10.1. The summed E-state index contributed by atoms with van der Waals surface area (Å²) in [5, 5.41) is 2.76. The molecule has 0 saturated carbocycles. The fourth-order valence-corrected chi connectivity index (χ4v) is 3.90. The summed E-state index contributed by atoms with van der Waals surface area (Å²) < 4.78 is 36.2. The molecule has 0 aliphatic rings. The monoisotopic (exact) mass is 392 g/mol. The second-order valence-corrected chi connectivity index (χ2v) is 7.76. The Hall–Kier alpha value is -2.74. The van der Waals surface area contributed by atoms with Gasteiger partial charge in [-0.15, -0.1) is 0 Å². The van der Waals surface area contributed by atoms with Crippen LogP contribution in [-0.2, 0) is 14.8 Å². The molecule has 2 aromatic carbocycles. The summed E-state index contributed by atoms with van der Waals surface area (Å²) in [6.45, 7) is 1.76. The summed E-state index contributed by atoms with van der Waals surface area (Å²) in [4.78, 5) is 12.8. The fourth-order valence-electron chi connectivity index (χ4n) is 2.69. The van der Waals surface area contributed by atoms with Crippen molar-refractivity contribution in [2.45, 2.75) is 19.4 Å². The van der Waals surface area contributed by atoms with Crippen LogP contribution in [0.3, 0.4) is 0 Å². The van der Waals surface area contributed by atoms with Crippen molar-refractivity contribution in [1.82, 2.24) is 0 Å². The highest BCUT2D eigenvalue weighted by atomic mass is 32.2. The topological polar surface area (TPSA) is 84.9 Å². The molecule has 8 heteroatoms. The quantitative estimate of drug-likeness (QED) is 0.747. The van der Waals surface area contributed by atoms with Crippen LogP contribution >= 0.6 is 0 Å². The number of nitrogens with zero attached hydrogens (tertiary/aromatic N) is 1. The number of carbonyl (C=O) groups is 1. The number of sulfonamides is 1. The van der Waals surface area contributed by atoms with Gasteiger partial charge in [-0.2, -0.15) is 0 Å². The van der Waals surface area contributed by atoms with E-state index in [0.717, 1.165) is 10.6 Å². The van der Waals surface area contributed by atoms with Crippen molar-refractivity contribution in [3.8, 4) is 11.5 Å². The largest absolute Gasteiger partial charge is 0.497 e. The average molecular weight is 392 g/mol. The molecule has 2 rings (SSSR count). The van der Waals surface area contributed by atoms with Crippen molar-refractivity contribution < 1.29 is 22.7 Å². The lowest BCUT2D eigenvalue weighted by molar-refractivity contribution is -0.117. The van der Waals surface area contributed by atoms with Gasteiger partial charge in [-0.1, -0.05) is 6.92 Å². The molecule has 0 bridgehead atoms. The van der Waals surface area contributed by atoms with E-state index in [0.29, 0.717) is 29.3 Å². The maximum Gasteiger partial charge on any atom is 0.248 e. The van der Waals surface area contributed by atoms with Gasteiger partial charge in [0.1, 0.15) is 17.5 Å². The molecule has 0 spiro atoms. The zero-order valence-corrected chi connectivity index (χ0v) is 16.6. The lowest BCUT2D eigenvalue weighted by Crippen LogP contribution is -2.46. The molecule has 0 unspecified atom stereocenters. The Morgan fingerprint density at radius 2 is 1.48 bits per heavy atom. The van der Waals surface area contributed by atoms with Crippen LogP contribution in [0.15, 0.2) is 48.5 Å². The molecule has 0 aliphatic heterocycles. The zero-order valence-electron chi connectivity index (χ0n) is 15.8. The Morgan fingerprint density at radius 1 is 1.00 bits per heavy atom. The van der Waals surface area contributed by atoms with Crippen LogP contribution in [0.25, 0.3) is 0 Å². The minimum absolute atomic E-state index is 0.307. The van der Waals surface area contributed by atoms with Gasteiger partial charge < -0.3 is 14.8 Å². The first-order chi connectivity index (χ1) is 12.8. The lowest BCUT2D eigenvalue weighted by Gasteiger charge is -2.30. The highest BCUT2D eigenvalue weighted by Gasteiger charge is 2.31. The van der Waals surface area contributed by atoms with Gasteiger partial charge in [-0.25, -0.2) is 8.42 Å². The van der Waals surface area contributed by atoms with Crippen molar-refractivity contribution in [2.24, 2.45) is 0 Å².